The van der Waals surface area contributed by atoms with Crippen molar-refractivity contribution in [3.8, 4) is 0 Å². The van der Waals surface area contributed by atoms with Gasteiger partial charge in [-0.3, -0.25) is 4.79 Å². The first kappa shape index (κ1) is 14.5. The van der Waals surface area contributed by atoms with Crippen molar-refractivity contribution in [2.24, 2.45) is 0 Å². The van der Waals surface area contributed by atoms with Gasteiger partial charge < -0.3 is 14.7 Å². The monoisotopic (exact) mass is 283 g/mol. The fourth-order valence-corrected chi connectivity index (χ4v) is 3.39. The lowest BCUT2D eigenvalue weighted by Crippen LogP contribution is -2.47. The average molecular weight is 283 g/mol. The first-order chi connectivity index (χ1) is 8.91. The van der Waals surface area contributed by atoms with E-state index in [-0.39, 0.29) is 5.91 Å². The molecule has 0 unspecified atom stereocenters. The minimum Gasteiger partial charge on any atom is -0.388 e. The Morgan fingerprint density at radius 2 is 2.11 bits per heavy atom. The van der Waals surface area contributed by atoms with Gasteiger partial charge in [0.1, 0.15) is 0 Å². The number of amides is 1. The maximum atomic E-state index is 12.4. The number of ether oxygens (including phenoxy) is 1. The predicted molar refractivity (Wildman–Crippen MR) is 75.8 cm³/mol. The molecule has 5 heteroatoms. The van der Waals surface area contributed by atoms with Crippen molar-refractivity contribution in [1.29, 1.82) is 0 Å². The molecule has 1 aliphatic heterocycles. The van der Waals surface area contributed by atoms with Crippen LogP contribution in [0.1, 0.15) is 33.0 Å². The van der Waals surface area contributed by atoms with E-state index in [4.69, 9.17) is 4.74 Å². The van der Waals surface area contributed by atoms with Gasteiger partial charge in [0.05, 0.1) is 11.2 Å². The molecule has 1 amide bonds. The van der Waals surface area contributed by atoms with E-state index in [1.807, 2.05) is 19.9 Å². The SMILES string of the molecule is Cc1cc(C(=O)N(C)CC2(O)CCOCC2)c(C)s1. The van der Waals surface area contributed by atoms with E-state index in [1.54, 1.807) is 23.3 Å². The second kappa shape index (κ2) is 5.61. The summed E-state index contributed by atoms with van der Waals surface area (Å²) < 4.78 is 5.25. The molecule has 1 fully saturated rings. The molecule has 0 atom stereocenters. The number of likely N-dealkylation sites (N-methyl/N-ethyl adjacent to an activating group) is 1. The highest BCUT2D eigenvalue weighted by Crippen LogP contribution is 2.25. The van der Waals surface area contributed by atoms with E-state index >= 15 is 0 Å². The van der Waals surface area contributed by atoms with Crippen LogP contribution in [0.5, 0.6) is 0 Å². The summed E-state index contributed by atoms with van der Waals surface area (Å²) in [5.74, 6) is -0.0123. The quantitative estimate of drug-likeness (QED) is 0.923. The van der Waals surface area contributed by atoms with Crippen LogP contribution in [0.4, 0.5) is 0 Å². The van der Waals surface area contributed by atoms with E-state index in [0.717, 1.165) is 15.3 Å². The summed E-state index contributed by atoms with van der Waals surface area (Å²) in [6, 6.07) is 1.92. The zero-order valence-electron chi connectivity index (χ0n) is 11.7. The summed E-state index contributed by atoms with van der Waals surface area (Å²) in [5.41, 5.74) is -0.0533. The molecule has 19 heavy (non-hydrogen) atoms. The van der Waals surface area contributed by atoms with Crippen molar-refractivity contribution in [1.82, 2.24) is 4.90 Å². The van der Waals surface area contributed by atoms with Crippen LogP contribution >= 0.6 is 11.3 Å². The topological polar surface area (TPSA) is 49.8 Å². The maximum absolute atomic E-state index is 12.4. The lowest BCUT2D eigenvalue weighted by Gasteiger charge is -2.35. The third-order valence-corrected chi connectivity index (χ3v) is 4.54. The summed E-state index contributed by atoms with van der Waals surface area (Å²) in [6.45, 7) is 5.45. The number of carbonyl (C=O) groups is 1. The van der Waals surface area contributed by atoms with Crippen molar-refractivity contribution in [2.45, 2.75) is 32.3 Å². The molecule has 0 bridgehead atoms. The second-order valence-electron chi connectivity index (χ2n) is 5.32. The van der Waals surface area contributed by atoms with Crippen LogP contribution in [0.2, 0.25) is 0 Å². The molecular formula is C14H21NO3S. The van der Waals surface area contributed by atoms with Crippen molar-refractivity contribution < 1.29 is 14.6 Å². The van der Waals surface area contributed by atoms with E-state index in [0.29, 0.717) is 32.6 Å². The predicted octanol–water partition coefficient (Wildman–Crippen LogP) is 1.98. The molecule has 1 aromatic rings. The smallest absolute Gasteiger partial charge is 0.254 e. The molecule has 1 aliphatic rings. The molecule has 2 rings (SSSR count). The Morgan fingerprint density at radius 3 is 2.63 bits per heavy atom. The summed E-state index contributed by atoms with van der Waals surface area (Å²) in [6.07, 6.45) is 1.18. The Kier molecular flexibility index (Phi) is 4.28. The number of hydrogen-bond donors (Lipinski definition) is 1. The normalized spacial score (nSPS) is 18.3. The van der Waals surface area contributed by atoms with Crippen LogP contribution in [0.25, 0.3) is 0 Å². The lowest BCUT2D eigenvalue weighted by molar-refractivity contribution is -0.0734. The Morgan fingerprint density at radius 1 is 1.47 bits per heavy atom. The van der Waals surface area contributed by atoms with E-state index in [2.05, 4.69) is 0 Å². The first-order valence-electron chi connectivity index (χ1n) is 6.54. The summed E-state index contributed by atoms with van der Waals surface area (Å²) in [7, 11) is 1.75. The van der Waals surface area contributed by atoms with Gasteiger partial charge in [-0.1, -0.05) is 0 Å². The largest absolute Gasteiger partial charge is 0.388 e. The highest BCUT2D eigenvalue weighted by atomic mass is 32.1. The number of thiophene rings is 1. The third-order valence-electron chi connectivity index (χ3n) is 3.57. The van der Waals surface area contributed by atoms with Crippen molar-refractivity contribution in [3.63, 3.8) is 0 Å². The standard InChI is InChI=1S/C14H21NO3S/c1-10-8-12(11(2)19-10)13(16)15(3)9-14(17)4-6-18-7-5-14/h8,17H,4-7,9H2,1-3H3. The lowest BCUT2D eigenvalue weighted by atomic mass is 9.94. The van der Waals surface area contributed by atoms with Gasteiger partial charge in [0.2, 0.25) is 0 Å². The maximum Gasteiger partial charge on any atom is 0.254 e. The van der Waals surface area contributed by atoms with Crippen LogP contribution in [-0.4, -0.2) is 48.3 Å². The Hall–Kier alpha value is -0.910. The number of nitrogens with zero attached hydrogens (tertiary/aromatic N) is 1. The number of carbonyl (C=O) groups excluding carboxylic acids is 1. The fraction of sp³-hybridized carbons (Fsp3) is 0.643. The molecule has 0 aliphatic carbocycles. The highest BCUT2D eigenvalue weighted by Gasteiger charge is 2.32. The van der Waals surface area contributed by atoms with Gasteiger partial charge in [0, 0.05) is 49.4 Å². The van der Waals surface area contributed by atoms with Gasteiger partial charge in [0.25, 0.3) is 5.91 Å². The van der Waals surface area contributed by atoms with E-state index in [1.165, 1.54) is 0 Å². The molecule has 0 spiro atoms. The number of rotatable bonds is 3. The zero-order valence-corrected chi connectivity index (χ0v) is 12.5. The van der Waals surface area contributed by atoms with Crippen LogP contribution in [-0.2, 0) is 4.74 Å². The van der Waals surface area contributed by atoms with Gasteiger partial charge in [-0.2, -0.15) is 0 Å². The minimum absolute atomic E-state index is 0.0123. The third kappa shape index (κ3) is 3.35. The van der Waals surface area contributed by atoms with Crippen LogP contribution in [0.15, 0.2) is 6.07 Å². The van der Waals surface area contributed by atoms with Gasteiger partial charge in [0.15, 0.2) is 0 Å². The van der Waals surface area contributed by atoms with Gasteiger partial charge in [-0.15, -0.1) is 11.3 Å². The summed E-state index contributed by atoms with van der Waals surface area (Å²) in [5, 5.41) is 10.4. The highest BCUT2D eigenvalue weighted by molar-refractivity contribution is 7.12. The molecular weight excluding hydrogens is 262 g/mol. The second-order valence-corrected chi connectivity index (χ2v) is 6.79. The number of hydrogen-bond acceptors (Lipinski definition) is 4. The molecule has 4 nitrogen and oxygen atoms in total. The Balaban J connectivity index is 2.05. The summed E-state index contributed by atoms with van der Waals surface area (Å²) >= 11 is 1.63. The summed E-state index contributed by atoms with van der Waals surface area (Å²) in [4.78, 5) is 16.2. The minimum atomic E-state index is -0.804. The van der Waals surface area contributed by atoms with Crippen LogP contribution in [0.3, 0.4) is 0 Å². The molecule has 1 aromatic heterocycles. The Labute approximate surface area is 118 Å². The zero-order chi connectivity index (χ0) is 14.0. The van der Waals surface area contributed by atoms with Crippen LogP contribution < -0.4 is 0 Å². The van der Waals surface area contributed by atoms with E-state index in [9.17, 15) is 9.90 Å². The van der Waals surface area contributed by atoms with Crippen molar-refractivity contribution in [3.05, 3.63) is 21.4 Å². The average Bonchev–Trinajstić information content (AvgIpc) is 2.67. The van der Waals surface area contributed by atoms with Crippen molar-refractivity contribution >= 4 is 17.2 Å². The van der Waals surface area contributed by atoms with Crippen LogP contribution in [0, 0.1) is 13.8 Å². The molecule has 0 saturated carbocycles. The van der Waals surface area contributed by atoms with Crippen molar-refractivity contribution in [2.75, 3.05) is 26.8 Å². The molecule has 2 heterocycles. The van der Waals surface area contributed by atoms with Gasteiger partial charge in [-0.05, 0) is 19.9 Å². The van der Waals surface area contributed by atoms with Gasteiger partial charge in [-0.25, -0.2) is 0 Å². The number of aliphatic hydroxyl groups is 1. The Bertz CT molecular complexity index is 463. The first-order valence-corrected chi connectivity index (χ1v) is 7.35. The molecule has 1 saturated heterocycles. The molecule has 0 radical (unpaired) electrons. The molecule has 0 aromatic carbocycles. The molecule has 1 N–H and O–H groups in total. The van der Waals surface area contributed by atoms with Gasteiger partial charge >= 0.3 is 0 Å². The number of aryl methyl sites for hydroxylation is 2. The fourth-order valence-electron chi connectivity index (χ4n) is 2.47. The van der Waals surface area contributed by atoms with E-state index < -0.39 is 5.60 Å². The molecule has 106 valence electrons.